The van der Waals surface area contributed by atoms with Gasteiger partial charge in [0, 0.05) is 0 Å². The second kappa shape index (κ2) is 9.62. The Morgan fingerprint density at radius 2 is 1.94 bits per heavy atom. The lowest BCUT2D eigenvalue weighted by Gasteiger charge is -2.10. The Morgan fingerprint density at radius 3 is 2.68 bits per heavy atom. The summed E-state index contributed by atoms with van der Waals surface area (Å²) >= 11 is 7.03. The highest BCUT2D eigenvalue weighted by molar-refractivity contribution is 7.20. The monoisotopic (exact) mass is 500 g/mol. The zero-order valence-corrected chi connectivity index (χ0v) is 19.6. The summed E-state index contributed by atoms with van der Waals surface area (Å²) in [6.45, 7) is 1.35. The van der Waals surface area contributed by atoms with Crippen molar-refractivity contribution in [1.82, 2.24) is 9.55 Å². The molecule has 0 saturated heterocycles. The van der Waals surface area contributed by atoms with Crippen molar-refractivity contribution in [2.24, 2.45) is 0 Å². The Morgan fingerprint density at radius 1 is 1.18 bits per heavy atom. The summed E-state index contributed by atoms with van der Waals surface area (Å²) in [6.07, 6.45) is 1.26. The molecule has 2 amide bonds. The number of anilines is 2. The average Bonchev–Trinajstić information content (AvgIpc) is 3.15. The van der Waals surface area contributed by atoms with Crippen molar-refractivity contribution in [3.05, 3.63) is 80.4 Å². The van der Waals surface area contributed by atoms with Crippen LogP contribution in [0.25, 0.3) is 10.2 Å². The van der Waals surface area contributed by atoms with E-state index in [4.69, 9.17) is 16.3 Å². The number of amides is 2. The van der Waals surface area contributed by atoms with Crippen LogP contribution in [0, 0.1) is 12.7 Å². The van der Waals surface area contributed by atoms with Crippen LogP contribution in [0.2, 0.25) is 5.02 Å². The van der Waals surface area contributed by atoms with Gasteiger partial charge in [-0.05, 0) is 42.8 Å². The van der Waals surface area contributed by atoms with Gasteiger partial charge in [-0.3, -0.25) is 19.0 Å². The largest absolute Gasteiger partial charge is 0.495 e. The number of carbonyl (C=O) groups excluding carboxylic acids is 2. The number of aromatic nitrogens is 2. The van der Waals surface area contributed by atoms with E-state index in [0.717, 1.165) is 17.4 Å². The van der Waals surface area contributed by atoms with Crippen LogP contribution >= 0.6 is 22.9 Å². The molecule has 2 aromatic heterocycles. The number of aryl methyl sites for hydroxylation is 1. The predicted molar refractivity (Wildman–Crippen MR) is 130 cm³/mol. The van der Waals surface area contributed by atoms with Crippen molar-refractivity contribution in [2.45, 2.75) is 13.5 Å². The lowest BCUT2D eigenvalue weighted by Crippen LogP contribution is -2.28. The first-order chi connectivity index (χ1) is 16.3. The standard InChI is InChI=1S/C23H18ClFN4O4S/c1-12-19-22(34-20(12)21(31)28-15-8-7-13(25)9-14(15)24)26-11-29(23(19)32)10-18(30)27-16-5-3-4-6-17(16)33-2/h3-9,11H,10H2,1-2H3,(H,27,30)(H,28,31). The molecule has 0 saturated carbocycles. The summed E-state index contributed by atoms with van der Waals surface area (Å²) in [5, 5.41) is 5.62. The van der Waals surface area contributed by atoms with E-state index in [1.807, 2.05) is 0 Å². The van der Waals surface area contributed by atoms with Crippen molar-refractivity contribution in [3.63, 3.8) is 0 Å². The summed E-state index contributed by atoms with van der Waals surface area (Å²) in [5.74, 6) is -0.985. The van der Waals surface area contributed by atoms with Crippen LogP contribution in [0.5, 0.6) is 5.75 Å². The van der Waals surface area contributed by atoms with Gasteiger partial charge in [-0.15, -0.1) is 11.3 Å². The molecule has 11 heteroatoms. The van der Waals surface area contributed by atoms with Crippen LogP contribution in [-0.2, 0) is 11.3 Å². The van der Waals surface area contributed by atoms with Crippen LogP contribution in [-0.4, -0.2) is 28.5 Å². The van der Waals surface area contributed by atoms with E-state index in [1.54, 1.807) is 31.2 Å². The number of benzene rings is 2. The quantitative estimate of drug-likeness (QED) is 0.407. The topological polar surface area (TPSA) is 102 Å². The summed E-state index contributed by atoms with van der Waals surface area (Å²) in [4.78, 5) is 43.3. The number of rotatable bonds is 6. The molecule has 34 heavy (non-hydrogen) atoms. The van der Waals surface area contributed by atoms with E-state index in [-0.39, 0.29) is 27.5 Å². The first-order valence-electron chi connectivity index (χ1n) is 9.96. The van der Waals surface area contributed by atoms with Gasteiger partial charge >= 0.3 is 0 Å². The average molecular weight is 501 g/mol. The molecule has 2 aromatic carbocycles. The number of halogens is 2. The third-order valence-corrected chi connectivity index (χ3v) is 6.51. The maximum atomic E-state index is 13.3. The number of hydrogen-bond acceptors (Lipinski definition) is 6. The minimum atomic E-state index is -0.527. The van der Waals surface area contributed by atoms with E-state index >= 15 is 0 Å². The molecule has 8 nitrogen and oxygen atoms in total. The molecule has 2 heterocycles. The smallest absolute Gasteiger partial charge is 0.266 e. The molecule has 2 N–H and O–H groups in total. The molecule has 0 aliphatic rings. The molecule has 0 aliphatic carbocycles. The van der Waals surface area contributed by atoms with E-state index in [0.29, 0.717) is 21.8 Å². The lowest BCUT2D eigenvalue weighted by atomic mass is 10.2. The number of nitrogens with one attached hydrogen (secondary N) is 2. The van der Waals surface area contributed by atoms with Gasteiger partial charge in [0.05, 0.1) is 40.1 Å². The highest BCUT2D eigenvalue weighted by Crippen LogP contribution is 2.29. The Hall–Kier alpha value is -3.76. The highest BCUT2D eigenvalue weighted by atomic mass is 35.5. The van der Waals surface area contributed by atoms with Crippen molar-refractivity contribution < 1.29 is 18.7 Å². The summed E-state index contributed by atoms with van der Waals surface area (Å²) in [7, 11) is 1.49. The molecule has 0 bridgehead atoms. The molecular weight excluding hydrogens is 483 g/mol. The van der Waals surface area contributed by atoms with E-state index < -0.39 is 23.2 Å². The fourth-order valence-corrected chi connectivity index (χ4v) is 4.60. The molecule has 0 atom stereocenters. The van der Waals surface area contributed by atoms with Crippen molar-refractivity contribution >= 4 is 56.3 Å². The molecule has 0 fully saturated rings. The van der Waals surface area contributed by atoms with Crippen molar-refractivity contribution in [1.29, 1.82) is 0 Å². The van der Waals surface area contributed by atoms with Gasteiger partial charge in [-0.2, -0.15) is 0 Å². The zero-order chi connectivity index (χ0) is 24.4. The van der Waals surface area contributed by atoms with Crippen molar-refractivity contribution in [2.75, 3.05) is 17.7 Å². The SMILES string of the molecule is COc1ccccc1NC(=O)Cn1cnc2sc(C(=O)Nc3ccc(F)cc3Cl)c(C)c2c1=O. The third-order valence-electron chi connectivity index (χ3n) is 5.00. The first-order valence-corrected chi connectivity index (χ1v) is 11.2. The van der Waals surface area contributed by atoms with Crippen molar-refractivity contribution in [3.8, 4) is 5.75 Å². The van der Waals surface area contributed by atoms with Crippen LogP contribution in [0.3, 0.4) is 0 Å². The number of fused-ring (bicyclic) bond motifs is 1. The van der Waals surface area contributed by atoms with E-state index in [1.165, 1.54) is 30.1 Å². The van der Waals surface area contributed by atoms with Gasteiger partial charge in [-0.1, -0.05) is 23.7 Å². The number of carbonyl (C=O) groups is 2. The molecule has 4 rings (SSSR count). The third kappa shape index (κ3) is 4.63. The molecule has 174 valence electrons. The maximum Gasteiger partial charge on any atom is 0.266 e. The molecule has 0 unspecified atom stereocenters. The molecule has 0 radical (unpaired) electrons. The summed E-state index contributed by atoms with van der Waals surface area (Å²) in [5.41, 5.74) is 0.686. The predicted octanol–water partition coefficient (Wildman–Crippen LogP) is 4.46. The van der Waals surface area contributed by atoms with Gasteiger partial charge in [0.15, 0.2) is 0 Å². The zero-order valence-electron chi connectivity index (χ0n) is 18.0. The number of hydrogen-bond donors (Lipinski definition) is 2. The number of ether oxygens (including phenoxy) is 1. The normalized spacial score (nSPS) is 10.8. The van der Waals surface area contributed by atoms with E-state index in [9.17, 15) is 18.8 Å². The molecule has 0 spiro atoms. The fraction of sp³-hybridized carbons (Fsp3) is 0.130. The number of thiophene rings is 1. The van der Waals surface area contributed by atoms with Crippen LogP contribution in [0.15, 0.2) is 53.6 Å². The number of nitrogens with zero attached hydrogens (tertiary/aromatic N) is 2. The van der Waals surface area contributed by atoms with Crippen LogP contribution < -0.4 is 20.9 Å². The van der Waals surface area contributed by atoms with E-state index in [2.05, 4.69) is 15.6 Å². The summed E-state index contributed by atoms with van der Waals surface area (Å²) < 4.78 is 19.7. The second-order valence-corrected chi connectivity index (χ2v) is 8.65. The van der Waals surface area contributed by atoms with Crippen LogP contribution in [0.4, 0.5) is 15.8 Å². The highest BCUT2D eigenvalue weighted by Gasteiger charge is 2.21. The van der Waals surface area contributed by atoms with Gasteiger partial charge in [0.2, 0.25) is 5.91 Å². The maximum absolute atomic E-state index is 13.3. The van der Waals surface area contributed by atoms with Gasteiger partial charge in [0.1, 0.15) is 22.9 Å². The lowest BCUT2D eigenvalue weighted by molar-refractivity contribution is -0.116. The Labute approximate surface area is 202 Å². The minimum Gasteiger partial charge on any atom is -0.495 e. The van der Waals surface area contributed by atoms with Gasteiger partial charge in [-0.25, -0.2) is 9.37 Å². The minimum absolute atomic E-state index is 0.0497. The van der Waals surface area contributed by atoms with Crippen LogP contribution in [0.1, 0.15) is 15.2 Å². The summed E-state index contributed by atoms with van der Waals surface area (Å²) in [6, 6.07) is 10.5. The Bertz CT molecular complexity index is 1480. The number of methoxy groups -OCH3 is 1. The van der Waals surface area contributed by atoms with Gasteiger partial charge in [0.25, 0.3) is 11.5 Å². The molecule has 0 aliphatic heterocycles. The molecule has 4 aromatic rings. The Balaban J connectivity index is 1.59. The fourth-order valence-electron chi connectivity index (χ4n) is 3.35. The molecular formula is C23H18ClFN4O4S. The van der Waals surface area contributed by atoms with Gasteiger partial charge < -0.3 is 15.4 Å². The first kappa shape index (κ1) is 23.4. The second-order valence-electron chi connectivity index (χ2n) is 7.24. The number of para-hydroxylation sites is 2. The Kier molecular flexibility index (Phi) is 6.62.